The van der Waals surface area contributed by atoms with Crippen LogP contribution in [0.2, 0.25) is 0 Å². The first-order chi connectivity index (χ1) is 12.2. The lowest BCUT2D eigenvalue weighted by Gasteiger charge is -2.10. The number of hydrogen-bond donors (Lipinski definition) is 1. The Balaban J connectivity index is 2.04. The van der Waals surface area contributed by atoms with E-state index in [1.807, 2.05) is 44.2 Å². The standard InChI is InChI=1S/C20H22N4O/c1-3-7-16(21-4-2)10-8-15-9-11-17-18(14-15)23-20-22-12-5-6-13-24(20)19(17)25/h3,7,9,11,14H,4-6,12-13H2,1-2H3,(H,22,23)/b7-3-,21-16?. The zero-order valence-electron chi connectivity index (χ0n) is 14.7. The summed E-state index contributed by atoms with van der Waals surface area (Å²) < 4.78 is 1.73. The van der Waals surface area contributed by atoms with Crippen molar-refractivity contribution in [1.29, 1.82) is 0 Å². The van der Waals surface area contributed by atoms with Gasteiger partial charge in [0.2, 0.25) is 5.95 Å². The van der Waals surface area contributed by atoms with E-state index < -0.39 is 0 Å². The minimum Gasteiger partial charge on any atom is -0.356 e. The highest BCUT2D eigenvalue weighted by molar-refractivity contribution is 6.09. The Bertz CT molecular complexity index is 957. The molecule has 25 heavy (non-hydrogen) atoms. The molecule has 1 aromatic heterocycles. The fourth-order valence-corrected chi connectivity index (χ4v) is 2.83. The van der Waals surface area contributed by atoms with Crippen LogP contribution < -0.4 is 10.9 Å². The first-order valence-electron chi connectivity index (χ1n) is 8.70. The maximum atomic E-state index is 12.7. The topological polar surface area (TPSA) is 59.3 Å². The Hall–Kier alpha value is -2.87. The predicted molar refractivity (Wildman–Crippen MR) is 103 cm³/mol. The Labute approximate surface area is 147 Å². The maximum absolute atomic E-state index is 12.7. The highest BCUT2D eigenvalue weighted by Crippen LogP contribution is 2.16. The summed E-state index contributed by atoms with van der Waals surface area (Å²) in [5, 5.41) is 3.88. The van der Waals surface area contributed by atoms with Gasteiger partial charge in [-0.2, -0.15) is 0 Å². The van der Waals surface area contributed by atoms with Crippen molar-refractivity contribution in [3.63, 3.8) is 0 Å². The minimum absolute atomic E-state index is 0.0102. The number of nitrogens with zero attached hydrogens (tertiary/aromatic N) is 3. The van der Waals surface area contributed by atoms with Crippen molar-refractivity contribution in [1.82, 2.24) is 9.55 Å². The van der Waals surface area contributed by atoms with Gasteiger partial charge in [0.05, 0.1) is 10.9 Å². The van der Waals surface area contributed by atoms with Crippen LogP contribution in [0.15, 0.2) is 40.1 Å². The fourth-order valence-electron chi connectivity index (χ4n) is 2.83. The molecule has 0 bridgehead atoms. The molecule has 0 spiro atoms. The molecule has 2 aromatic rings. The molecule has 0 aliphatic carbocycles. The van der Waals surface area contributed by atoms with Crippen molar-refractivity contribution in [3.05, 3.63) is 46.3 Å². The van der Waals surface area contributed by atoms with Crippen LogP contribution in [0.5, 0.6) is 0 Å². The molecule has 2 heterocycles. The van der Waals surface area contributed by atoms with E-state index in [0.29, 0.717) is 29.9 Å². The van der Waals surface area contributed by atoms with Gasteiger partial charge in [0, 0.05) is 25.2 Å². The molecule has 1 aromatic carbocycles. The summed E-state index contributed by atoms with van der Waals surface area (Å²) in [6, 6.07) is 5.56. The highest BCUT2D eigenvalue weighted by Gasteiger charge is 2.13. The Morgan fingerprint density at radius 3 is 3.12 bits per heavy atom. The first-order valence-corrected chi connectivity index (χ1v) is 8.70. The summed E-state index contributed by atoms with van der Waals surface area (Å²) in [6.45, 7) is 6.18. The van der Waals surface area contributed by atoms with Crippen LogP contribution in [0.1, 0.15) is 32.3 Å². The Morgan fingerprint density at radius 2 is 2.32 bits per heavy atom. The summed E-state index contributed by atoms with van der Waals surface area (Å²) >= 11 is 0. The summed E-state index contributed by atoms with van der Waals surface area (Å²) in [6.07, 6.45) is 5.85. The molecule has 5 nitrogen and oxygen atoms in total. The van der Waals surface area contributed by atoms with Crippen LogP contribution >= 0.6 is 0 Å². The zero-order chi connectivity index (χ0) is 17.6. The quantitative estimate of drug-likeness (QED) is 0.678. The molecule has 0 fully saturated rings. The van der Waals surface area contributed by atoms with E-state index in [2.05, 4.69) is 27.1 Å². The number of fused-ring (bicyclic) bond motifs is 2. The molecule has 0 saturated carbocycles. The van der Waals surface area contributed by atoms with E-state index in [9.17, 15) is 4.79 Å². The molecular formula is C20H22N4O. The number of benzene rings is 1. The Kier molecular flexibility index (Phi) is 5.30. The average molecular weight is 334 g/mol. The second kappa shape index (κ2) is 7.80. The summed E-state index contributed by atoms with van der Waals surface area (Å²) in [5.74, 6) is 6.85. The molecule has 0 atom stereocenters. The third-order valence-electron chi connectivity index (χ3n) is 4.03. The van der Waals surface area contributed by atoms with Gasteiger partial charge in [-0.1, -0.05) is 12.0 Å². The number of nitrogens with one attached hydrogen (secondary N) is 1. The van der Waals surface area contributed by atoms with Gasteiger partial charge in [0.15, 0.2) is 0 Å². The van der Waals surface area contributed by atoms with Crippen molar-refractivity contribution in [2.45, 2.75) is 33.2 Å². The van der Waals surface area contributed by atoms with E-state index in [0.717, 1.165) is 30.7 Å². The summed E-state index contributed by atoms with van der Waals surface area (Å²) in [4.78, 5) is 21.7. The molecular weight excluding hydrogens is 312 g/mol. The van der Waals surface area contributed by atoms with E-state index in [1.165, 1.54) is 0 Å². The second-order valence-corrected chi connectivity index (χ2v) is 5.87. The molecule has 3 rings (SSSR count). The molecule has 0 saturated heterocycles. The van der Waals surface area contributed by atoms with E-state index in [4.69, 9.17) is 0 Å². The van der Waals surface area contributed by atoms with Gasteiger partial charge < -0.3 is 5.32 Å². The lowest BCUT2D eigenvalue weighted by Crippen LogP contribution is -2.23. The van der Waals surface area contributed by atoms with Crippen molar-refractivity contribution in [2.75, 3.05) is 18.4 Å². The van der Waals surface area contributed by atoms with Gasteiger partial charge >= 0.3 is 0 Å². The van der Waals surface area contributed by atoms with Gasteiger partial charge in [0.1, 0.15) is 5.71 Å². The third kappa shape index (κ3) is 3.80. The van der Waals surface area contributed by atoms with Gasteiger partial charge in [-0.05, 0) is 56.9 Å². The lowest BCUT2D eigenvalue weighted by molar-refractivity contribution is 0.636. The van der Waals surface area contributed by atoms with Gasteiger partial charge in [0.25, 0.3) is 5.56 Å². The SMILES string of the molecule is C/C=C\C(C#Cc1ccc2c(=O)n3c(nc2c1)NCCCC3)=NCC. The van der Waals surface area contributed by atoms with Crippen LogP contribution in [-0.4, -0.2) is 28.4 Å². The summed E-state index contributed by atoms with van der Waals surface area (Å²) in [7, 11) is 0. The van der Waals surface area contributed by atoms with Gasteiger partial charge in [-0.25, -0.2) is 4.98 Å². The van der Waals surface area contributed by atoms with E-state index >= 15 is 0 Å². The number of allylic oxidation sites excluding steroid dienone is 2. The van der Waals surface area contributed by atoms with Crippen molar-refractivity contribution in [2.24, 2.45) is 4.99 Å². The number of rotatable bonds is 2. The number of anilines is 1. The van der Waals surface area contributed by atoms with Gasteiger partial charge in [-0.3, -0.25) is 14.4 Å². The molecule has 0 amide bonds. The van der Waals surface area contributed by atoms with Crippen molar-refractivity contribution >= 4 is 22.6 Å². The van der Waals surface area contributed by atoms with Crippen LogP contribution in [0.4, 0.5) is 5.95 Å². The normalized spacial score (nSPS) is 14.6. The van der Waals surface area contributed by atoms with Crippen molar-refractivity contribution in [3.8, 4) is 11.8 Å². The lowest BCUT2D eigenvalue weighted by atomic mass is 10.1. The first kappa shape index (κ1) is 17.0. The molecule has 128 valence electrons. The smallest absolute Gasteiger partial charge is 0.262 e. The van der Waals surface area contributed by atoms with E-state index in [1.54, 1.807) is 4.57 Å². The second-order valence-electron chi connectivity index (χ2n) is 5.87. The molecule has 1 N–H and O–H groups in total. The van der Waals surface area contributed by atoms with Crippen LogP contribution in [0.25, 0.3) is 10.9 Å². The predicted octanol–water partition coefficient (Wildman–Crippen LogP) is 2.99. The molecule has 5 heteroatoms. The zero-order valence-corrected chi connectivity index (χ0v) is 14.7. The van der Waals surface area contributed by atoms with Crippen LogP contribution in [-0.2, 0) is 6.54 Å². The molecule has 1 aliphatic heterocycles. The van der Waals surface area contributed by atoms with E-state index in [-0.39, 0.29) is 5.56 Å². The fraction of sp³-hybridized carbons (Fsp3) is 0.350. The number of hydrogen-bond acceptors (Lipinski definition) is 4. The maximum Gasteiger partial charge on any atom is 0.262 e. The van der Waals surface area contributed by atoms with Crippen molar-refractivity contribution < 1.29 is 0 Å². The van der Waals surface area contributed by atoms with Gasteiger partial charge in [-0.15, -0.1) is 0 Å². The average Bonchev–Trinajstić information content (AvgIpc) is 2.86. The number of aromatic nitrogens is 2. The largest absolute Gasteiger partial charge is 0.356 e. The molecule has 0 radical (unpaired) electrons. The van der Waals surface area contributed by atoms with Crippen LogP contribution in [0, 0.1) is 11.8 Å². The monoisotopic (exact) mass is 334 g/mol. The molecule has 0 unspecified atom stereocenters. The molecule has 1 aliphatic rings. The Morgan fingerprint density at radius 1 is 1.44 bits per heavy atom. The highest BCUT2D eigenvalue weighted by atomic mass is 16.1. The van der Waals surface area contributed by atoms with Crippen LogP contribution in [0.3, 0.4) is 0 Å². The minimum atomic E-state index is 0.0102. The third-order valence-corrected chi connectivity index (χ3v) is 4.03. The summed E-state index contributed by atoms with van der Waals surface area (Å²) in [5.41, 5.74) is 2.27. The number of aliphatic imine (C=N–C) groups is 1.